The lowest BCUT2D eigenvalue weighted by Crippen LogP contribution is -2.43. The fraction of sp³-hybridized carbons (Fsp3) is 0.300. The molecule has 1 atom stereocenters. The lowest BCUT2D eigenvalue weighted by atomic mass is 10.1. The van der Waals surface area contributed by atoms with Gasteiger partial charge in [0.25, 0.3) is 11.5 Å². The van der Waals surface area contributed by atoms with Gasteiger partial charge < -0.3 is 14.8 Å². The van der Waals surface area contributed by atoms with E-state index in [1.807, 2.05) is 6.92 Å². The molecule has 4 rings (SSSR count). The van der Waals surface area contributed by atoms with Gasteiger partial charge in [0.05, 0.1) is 11.7 Å². The van der Waals surface area contributed by atoms with Crippen LogP contribution in [-0.4, -0.2) is 37.0 Å². The highest BCUT2D eigenvalue weighted by atomic mass is 19.1. The molecule has 156 valence electrons. The van der Waals surface area contributed by atoms with Gasteiger partial charge in [0, 0.05) is 26.2 Å². The average molecular weight is 413 g/mol. The molecule has 0 saturated heterocycles. The van der Waals surface area contributed by atoms with E-state index in [2.05, 4.69) is 20.2 Å². The Bertz CT molecular complexity index is 1110. The first-order valence-corrected chi connectivity index (χ1v) is 9.41. The third-order valence-electron chi connectivity index (χ3n) is 5.14. The van der Waals surface area contributed by atoms with Crippen molar-refractivity contribution in [2.75, 3.05) is 6.54 Å². The van der Waals surface area contributed by atoms with Gasteiger partial charge in [-0.1, -0.05) is 12.1 Å². The predicted molar refractivity (Wildman–Crippen MR) is 103 cm³/mol. The summed E-state index contributed by atoms with van der Waals surface area (Å²) in [6.07, 6.45) is 2.90. The monoisotopic (exact) mass is 413 g/mol. The molecule has 0 aliphatic carbocycles. The first-order valence-electron chi connectivity index (χ1n) is 9.41. The number of aromatic nitrogens is 3. The molecule has 10 heteroatoms. The fourth-order valence-corrected chi connectivity index (χ4v) is 3.45. The van der Waals surface area contributed by atoms with Crippen LogP contribution in [0.1, 0.15) is 40.5 Å². The van der Waals surface area contributed by atoms with Crippen molar-refractivity contribution in [2.24, 2.45) is 0 Å². The number of oxazole rings is 1. The van der Waals surface area contributed by atoms with Gasteiger partial charge >= 0.3 is 0 Å². The third kappa shape index (κ3) is 3.81. The molecule has 0 fully saturated rings. The first kappa shape index (κ1) is 19.8. The number of hydrogen-bond acceptors (Lipinski definition) is 7. The number of carbonyl (C=O) groups is 1. The number of benzene rings is 1. The van der Waals surface area contributed by atoms with E-state index in [4.69, 9.17) is 4.42 Å². The van der Waals surface area contributed by atoms with Crippen LogP contribution in [-0.2, 0) is 19.6 Å². The maximum Gasteiger partial charge on any atom is 0.296 e. The van der Waals surface area contributed by atoms with E-state index >= 15 is 0 Å². The van der Waals surface area contributed by atoms with Crippen LogP contribution in [0.5, 0.6) is 5.75 Å². The Morgan fingerprint density at radius 3 is 2.80 bits per heavy atom. The smallest absolute Gasteiger partial charge is 0.296 e. The quantitative estimate of drug-likeness (QED) is 0.653. The molecule has 1 amide bonds. The maximum absolute atomic E-state index is 13.0. The summed E-state index contributed by atoms with van der Waals surface area (Å²) >= 11 is 0. The van der Waals surface area contributed by atoms with Gasteiger partial charge in [-0.15, -0.1) is 0 Å². The topological polar surface area (TPSA) is 113 Å². The van der Waals surface area contributed by atoms with Crippen molar-refractivity contribution in [3.8, 4) is 5.75 Å². The second kappa shape index (κ2) is 8.07. The summed E-state index contributed by atoms with van der Waals surface area (Å²) in [5, 5.41) is 12.9. The highest BCUT2D eigenvalue weighted by molar-refractivity contribution is 5.94. The summed E-state index contributed by atoms with van der Waals surface area (Å²) < 4.78 is 19.4. The number of carbonyl (C=O) groups excluding carboxylic acids is 1. The molecule has 0 saturated carbocycles. The van der Waals surface area contributed by atoms with Crippen molar-refractivity contribution in [1.82, 2.24) is 24.8 Å². The summed E-state index contributed by atoms with van der Waals surface area (Å²) in [6.45, 7) is 3.36. The number of hydrogen-bond donors (Lipinski definition) is 2. The predicted octanol–water partition coefficient (Wildman–Crippen LogP) is 1.58. The van der Waals surface area contributed by atoms with Crippen molar-refractivity contribution in [1.29, 1.82) is 0 Å². The van der Waals surface area contributed by atoms with Gasteiger partial charge in [0.1, 0.15) is 17.9 Å². The minimum absolute atomic E-state index is 0.104. The van der Waals surface area contributed by atoms with Crippen LogP contribution in [0.4, 0.5) is 4.39 Å². The van der Waals surface area contributed by atoms with Gasteiger partial charge in [0.15, 0.2) is 12.1 Å². The van der Waals surface area contributed by atoms with E-state index in [1.165, 1.54) is 35.2 Å². The summed E-state index contributed by atoms with van der Waals surface area (Å²) in [7, 11) is 0. The van der Waals surface area contributed by atoms with Crippen LogP contribution < -0.4 is 10.9 Å². The number of aromatic hydroxyl groups is 1. The highest BCUT2D eigenvalue weighted by Gasteiger charge is 2.30. The van der Waals surface area contributed by atoms with E-state index in [1.54, 1.807) is 6.26 Å². The molecule has 3 heterocycles. The molecule has 2 N–H and O–H groups in total. The van der Waals surface area contributed by atoms with Gasteiger partial charge in [-0.25, -0.2) is 14.4 Å². The standard InChI is InChI=1S/C20H20FN5O4/c1-12-18-24-16(19(28)22-8-13-2-4-14(21)5-3-13)17(27)20(29)26(18)7-6-25(12)9-15-10-30-11-23-15/h2-5,10-12,27H,6-9H2,1H3,(H,22,28). The summed E-state index contributed by atoms with van der Waals surface area (Å²) in [5.74, 6) is -1.36. The van der Waals surface area contributed by atoms with Crippen molar-refractivity contribution < 1.29 is 18.7 Å². The van der Waals surface area contributed by atoms with Crippen LogP contribution in [0.15, 0.2) is 46.1 Å². The molecule has 3 aromatic rings. The number of halogens is 1. The van der Waals surface area contributed by atoms with E-state index < -0.39 is 17.2 Å². The number of rotatable bonds is 5. The van der Waals surface area contributed by atoms with E-state index in [0.29, 0.717) is 31.0 Å². The molecular formula is C20H20FN5O4. The molecule has 1 aliphatic rings. The highest BCUT2D eigenvalue weighted by Crippen LogP contribution is 2.25. The van der Waals surface area contributed by atoms with Crippen molar-refractivity contribution in [3.63, 3.8) is 0 Å². The van der Waals surface area contributed by atoms with Crippen molar-refractivity contribution >= 4 is 5.91 Å². The molecular weight excluding hydrogens is 393 g/mol. The molecule has 1 aliphatic heterocycles. The molecule has 9 nitrogen and oxygen atoms in total. The van der Waals surface area contributed by atoms with Gasteiger partial charge in [-0.05, 0) is 24.6 Å². The van der Waals surface area contributed by atoms with Gasteiger partial charge in [-0.2, -0.15) is 0 Å². The lowest BCUT2D eigenvalue weighted by Gasteiger charge is -2.34. The molecule has 30 heavy (non-hydrogen) atoms. The normalized spacial score (nSPS) is 16.3. The number of nitrogens with zero attached hydrogens (tertiary/aromatic N) is 4. The summed E-state index contributed by atoms with van der Waals surface area (Å²) in [6, 6.07) is 5.36. The third-order valence-corrected chi connectivity index (χ3v) is 5.14. The lowest BCUT2D eigenvalue weighted by molar-refractivity contribution is 0.0937. The molecule has 2 aromatic heterocycles. The van der Waals surface area contributed by atoms with E-state index in [-0.39, 0.29) is 24.1 Å². The van der Waals surface area contributed by atoms with Crippen molar-refractivity contribution in [3.05, 3.63) is 75.9 Å². The average Bonchev–Trinajstić information content (AvgIpc) is 3.25. The zero-order chi connectivity index (χ0) is 21.3. The van der Waals surface area contributed by atoms with Gasteiger partial charge in [-0.3, -0.25) is 19.1 Å². The minimum atomic E-state index is -0.687. The Morgan fingerprint density at radius 1 is 1.33 bits per heavy atom. The van der Waals surface area contributed by atoms with Crippen LogP contribution in [0, 0.1) is 5.82 Å². The largest absolute Gasteiger partial charge is 0.501 e. The Morgan fingerprint density at radius 2 is 2.10 bits per heavy atom. The van der Waals surface area contributed by atoms with Crippen LogP contribution >= 0.6 is 0 Å². The second-order valence-electron chi connectivity index (χ2n) is 7.06. The molecule has 0 spiro atoms. The Hall–Kier alpha value is -3.53. The van der Waals surface area contributed by atoms with Gasteiger partial charge in [0.2, 0.25) is 5.75 Å². The second-order valence-corrected chi connectivity index (χ2v) is 7.06. The fourth-order valence-electron chi connectivity index (χ4n) is 3.45. The number of fused-ring (bicyclic) bond motifs is 1. The van der Waals surface area contributed by atoms with Crippen LogP contribution in [0.2, 0.25) is 0 Å². The summed E-state index contributed by atoms with van der Waals surface area (Å²) in [5.41, 5.74) is 0.433. The maximum atomic E-state index is 13.0. The molecule has 0 bridgehead atoms. The zero-order valence-electron chi connectivity index (χ0n) is 16.2. The number of amides is 1. The van der Waals surface area contributed by atoms with Crippen LogP contribution in [0.25, 0.3) is 0 Å². The van der Waals surface area contributed by atoms with Crippen molar-refractivity contribution in [2.45, 2.75) is 32.6 Å². The Balaban J connectivity index is 1.57. The minimum Gasteiger partial charge on any atom is -0.501 e. The molecule has 1 aromatic carbocycles. The van der Waals surface area contributed by atoms with E-state index in [9.17, 15) is 19.1 Å². The SMILES string of the molecule is CC1c2nc(C(=O)NCc3ccc(F)cc3)c(O)c(=O)n2CCN1Cc1cocn1. The zero-order valence-corrected chi connectivity index (χ0v) is 16.2. The van der Waals surface area contributed by atoms with Crippen LogP contribution in [0.3, 0.4) is 0 Å². The number of nitrogens with one attached hydrogen (secondary N) is 1. The Kier molecular flexibility index (Phi) is 5.32. The molecule has 1 unspecified atom stereocenters. The first-order chi connectivity index (χ1) is 14.4. The molecule has 0 radical (unpaired) electrons. The Labute approximate surface area is 170 Å². The summed E-state index contributed by atoms with van der Waals surface area (Å²) in [4.78, 5) is 35.7. The van der Waals surface area contributed by atoms with E-state index in [0.717, 1.165) is 5.69 Å².